The van der Waals surface area contributed by atoms with E-state index in [2.05, 4.69) is 20.4 Å². The quantitative estimate of drug-likeness (QED) is 0.0452. The predicted molar refractivity (Wildman–Crippen MR) is 175 cm³/mol. The van der Waals surface area contributed by atoms with E-state index in [1.165, 1.54) is 173 Å². The molecule has 0 fully saturated rings. The smallest absolute Gasteiger partial charge is 0.279 e. The van der Waals surface area contributed by atoms with Gasteiger partial charge in [-0.1, -0.05) is 200 Å². The van der Waals surface area contributed by atoms with Crippen molar-refractivity contribution in [3.63, 3.8) is 0 Å². The van der Waals surface area contributed by atoms with Gasteiger partial charge in [-0.3, -0.25) is 0 Å². The zero-order chi connectivity index (χ0) is 28.3. The summed E-state index contributed by atoms with van der Waals surface area (Å²) in [5, 5.41) is 0. The van der Waals surface area contributed by atoms with Gasteiger partial charge in [-0.05, 0) is 12.8 Å². The van der Waals surface area contributed by atoms with Crippen LogP contribution < -0.4 is 0 Å². The lowest BCUT2D eigenvalue weighted by atomic mass is 10.0. The molecule has 232 valence electrons. The van der Waals surface area contributed by atoms with Crippen molar-refractivity contribution < 1.29 is 9.47 Å². The van der Waals surface area contributed by atoms with Gasteiger partial charge < -0.3 is 9.47 Å². The SMILES string of the molecule is C=CC=C(OCCCCCCCCCCCCCCCC)OCCCCCCCCCCCCCCCCC. The van der Waals surface area contributed by atoms with Gasteiger partial charge in [-0.15, -0.1) is 0 Å². The molecular formula is C37H72O2. The van der Waals surface area contributed by atoms with E-state index in [-0.39, 0.29) is 0 Å². The molecule has 2 heteroatoms. The number of ether oxygens (including phenoxy) is 2. The van der Waals surface area contributed by atoms with Crippen LogP contribution in [0.2, 0.25) is 0 Å². The molecular weight excluding hydrogens is 476 g/mol. The molecule has 0 radical (unpaired) electrons. The summed E-state index contributed by atoms with van der Waals surface area (Å²) < 4.78 is 11.8. The fraction of sp³-hybridized carbons (Fsp3) is 0.892. The average molecular weight is 549 g/mol. The van der Waals surface area contributed by atoms with E-state index in [0.717, 1.165) is 26.1 Å². The Morgan fingerprint density at radius 3 is 0.846 bits per heavy atom. The summed E-state index contributed by atoms with van der Waals surface area (Å²) in [6.45, 7) is 9.92. The Kier molecular flexibility index (Phi) is 34.3. The highest BCUT2D eigenvalue weighted by Crippen LogP contribution is 2.15. The molecule has 0 aromatic heterocycles. The highest BCUT2D eigenvalue weighted by Gasteiger charge is 2.00. The Hall–Kier alpha value is -0.920. The first kappa shape index (κ1) is 38.1. The molecule has 0 aromatic carbocycles. The van der Waals surface area contributed by atoms with E-state index in [0.29, 0.717) is 5.95 Å². The Morgan fingerprint density at radius 2 is 0.615 bits per heavy atom. The average Bonchev–Trinajstić information content (AvgIpc) is 2.94. The van der Waals surface area contributed by atoms with Crippen LogP contribution in [0.1, 0.15) is 200 Å². The van der Waals surface area contributed by atoms with E-state index in [9.17, 15) is 0 Å². The summed E-state index contributed by atoms with van der Waals surface area (Å²) in [6, 6.07) is 0. The second kappa shape index (κ2) is 35.1. The molecule has 0 rings (SSSR count). The van der Waals surface area contributed by atoms with Gasteiger partial charge in [0.05, 0.1) is 13.2 Å². The molecule has 39 heavy (non-hydrogen) atoms. The van der Waals surface area contributed by atoms with Crippen molar-refractivity contribution in [2.75, 3.05) is 13.2 Å². The Balaban J connectivity index is 3.38. The summed E-state index contributed by atoms with van der Waals surface area (Å²) in [5.41, 5.74) is 0. The zero-order valence-electron chi connectivity index (χ0n) is 27.1. The van der Waals surface area contributed by atoms with Crippen LogP contribution in [0.4, 0.5) is 0 Å². The van der Waals surface area contributed by atoms with Gasteiger partial charge >= 0.3 is 0 Å². The molecule has 0 saturated carbocycles. The lowest BCUT2D eigenvalue weighted by Crippen LogP contribution is -2.01. The first-order valence-electron chi connectivity index (χ1n) is 17.9. The molecule has 0 aliphatic carbocycles. The van der Waals surface area contributed by atoms with Gasteiger partial charge in [0, 0.05) is 6.08 Å². The molecule has 0 amide bonds. The fourth-order valence-electron chi connectivity index (χ4n) is 5.35. The topological polar surface area (TPSA) is 18.5 Å². The molecule has 0 atom stereocenters. The van der Waals surface area contributed by atoms with Gasteiger partial charge in [-0.2, -0.15) is 0 Å². The van der Waals surface area contributed by atoms with E-state index < -0.39 is 0 Å². The monoisotopic (exact) mass is 549 g/mol. The molecule has 0 unspecified atom stereocenters. The highest BCUT2D eigenvalue weighted by molar-refractivity contribution is 4.98. The van der Waals surface area contributed by atoms with Crippen molar-refractivity contribution in [3.05, 3.63) is 24.7 Å². The van der Waals surface area contributed by atoms with Crippen LogP contribution >= 0.6 is 0 Å². The molecule has 0 bridgehead atoms. The fourth-order valence-corrected chi connectivity index (χ4v) is 5.35. The summed E-state index contributed by atoms with van der Waals surface area (Å²) >= 11 is 0. The molecule has 0 aromatic rings. The largest absolute Gasteiger partial charge is 0.465 e. The van der Waals surface area contributed by atoms with Crippen LogP contribution in [0, 0.1) is 0 Å². The minimum Gasteiger partial charge on any atom is -0.465 e. The van der Waals surface area contributed by atoms with Crippen LogP contribution in [0.15, 0.2) is 24.7 Å². The van der Waals surface area contributed by atoms with Crippen molar-refractivity contribution in [2.45, 2.75) is 200 Å². The molecule has 0 heterocycles. The predicted octanol–water partition coefficient (Wildman–Crippen LogP) is 13.4. The first-order chi connectivity index (χ1) is 19.3. The zero-order valence-corrected chi connectivity index (χ0v) is 27.1. The normalized spacial score (nSPS) is 11.7. The van der Waals surface area contributed by atoms with E-state index in [1.54, 1.807) is 6.08 Å². The third-order valence-corrected chi connectivity index (χ3v) is 7.99. The molecule has 0 spiro atoms. The van der Waals surface area contributed by atoms with Crippen LogP contribution in [-0.2, 0) is 9.47 Å². The van der Waals surface area contributed by atoms with Gasteiger partial charge in [0.15, 0.2) is 0 Å². The van der Waals surface area contributed by atoms with E-state index in [1.807, 2.05) is 6.08 Å². The van der Waals surface area contributed by atoms with Gasteiger partial charge in [0.1, 0.15) is 0 Å². The summed E-state index contributed by atoms with van der Waals surface area (Å²) in [7, 11) is 0. The van der Waals surface area contributed by atoms with Crippen molar-refractivity contribution in [1.29, 1.82) is 0 Å². The van der Waals surface area contributed by atoms with Crippen molar-refractivity contribution >= 4 is 0 Å². The number of hydrogen-bond acceptors (Lipinski definition) is 2. The number of hydrogen-bond donors (Lipinski definition) is 0. The Bertz CT molecular complexity index is 484. The van der Waals surface area contributed by atoms with Gasteiger partial charge in [0.2, 0.25) is 0 Å². The summed E-state index contributed by atoms with van der Waals surface area (Å²) in [4.78, 5) is 0. The number of unbranched alkanes of at least 4 members (excludes halogenated alkanes) is 27. The van der Waals surface area contributed by atoms with E-state index >= 15 is 0 Å². The summed E-state index contributed by atoms with van der Waals surface area (Å²) in [5.74, 6) is 0.657. The highest BCUT2D eigenvalue weighted by atomic mass is 16.7. The third kappa shape index (κ3) is 33.2. The molecule has 0 aliphatic heterocycles. The van der Waals surface area contributed by atoms with Crippen molar-refractivity contribution in [3.8, 4) is 0 Å². The maximum absolute atomic E-state index is 5.88. The molecule has 0 aliphatic rings. The maximum atomic E-state index is 5.88. The van der Waals surface area contributed by atoms with Crippen molar-refractivity contribution in [2.24, 2.45) is 0 Å². The lowest BCUT2D eigenvalue weighted by Gasteiger charge is -2.12. The third-order valence-electron chi connectivity index (χ3n) is 7.99. The Labute approximate surface area is 247 Å². The Morgan fingerprint density at radius 1 is 0.385 bits per heavy atom. The summed E-state index contributed by atoms with van der Waals surface area (Å²) in [6.07, 6.45) is 43.8. The van der Waals surface area contributed by atoms with Gasteiger partial charge in [0.25, 0.3) is 5.95 Å². The number of rotatable bonds is 34. The molecule has 2 nitrogen and oxygen atoms in total. The standard InChI is InChI=1S/C37H72O2/c1-4-7-9-11-13-15-17-19-21-23-25-27-29-31-33-36-39-37(34-6-3)38-35-32-30-28-26-24-22-20-18-16-14-12-10-8-5-2/h6,34H,3-5,7-33,35-36H2,1-2H3. The minimum absolute atomic E-state index is 0.657. The van der Waals surface area contributed by atoms with Crippen molar-refractivity contribution in [1.82, 2.24) is 0 Å². The second-order valence-corrected chi connectivity index (χ2v) is 12.0. The van der Waals surface area contributed by atoms with Crippen LogP contribution in [0.5, 0.6) is 0 Å². The van der Waals surface area contributed by atoms with E-state index in [4.69, 9.17) is 9.47 Å². The first-order valence-corrected chi connectivity index (χ1v) is 17.9. The van der Waals surface area contributed by atoms with Gasteiger partial charge in [-0.25, -0.2) is 0 Å². The second-order valence-electron chi connectivity index (χ2n) is 12.0. The van der Waals surface area contributed by atoms with Crippen LogP contribution in [-0.4, -0.2) is 13.2 Å². The molecule has 0 N–H and O–H groups in total. The minimum atomic E-state index is 0.657. The maximum Gasteiger partial charge on any atom is 0.279 e. The number of allylic oxidation sites excluding steroid dienone is 2. The lowest BCUT2D eigenvalue weighted by molar-refractivity contribution is 0.0323. The van der Waals surface area contributed by atoms with Crippen LogP contribution in [0.3, 0.4) is 0 Å². The molecule has 0 saturated heterocycles. The van der Waals surface area contributed by atoms with Crippen LogP contribution in [0.25, 0.3) is 0 Å².